The summed E-state index contributed by atoms with van der Waals surface area (Å²) in [4.78, 5) is 15.9. The minimum absolute atomic E-state index is 0.111. The number of hydrogen-bond donors (Lipinski definition) is 1. The topological polar surface area (TPSA) is 41.5 Å². The maximum atomic E-state index is 12.0. The molecule has 100 valence electrons. The summed E-state index contributed by atoms with van der Waals surface area (Å²) in [5.74, 6) is -0.111. The van der Waals surface area contributed by atoms with Gasteiger partial charge < -0.3 is 5.32 Å². The number of nitrogens with zero attached hydrogens (tertiary/aromatic N) is 1. The molecule has 0 aromatic heterocycles. The highest BCUT2D eigenvalue weighted by Crippen LogP contribution is 2.10. The van der Waals surface area contributed by atoms with E-state index in [-0.39, 0.29) is 5.91 Å². The highest BCUT2D eigenvalue weighted by atomic mass is 32.1. The third kappa shape index (κ3) is 4.12. The van der Waals surface area contributed by atoms with Gasteiger partial charge in [0.15, 0.2) is 0 Å². The number of nitrogens with one attached hydrogen (secondary N) is 1. The van der Waals surface area contributed by atoms with Gasteiger partial charge >= 0.3 is 0 Å². The van der Waals surface area contributed by atoms with Crippen LogP contribution < -0.4 is 5.32 Å². The van der Waals surface area contributed by atoms with Crippen molar-refractivity contribution < 1.29 is 4.79 Å². The van der Waals surface area contributed by atoms with Crippen LogP contribution in [-0.2, 0) is 6.42 Å². The molecule has 0 bridgehead atoms. The Balaban J connectivity index is 1.98. The number of isothiocyanates is 1. The number of benzene rings is 2. The third-order valence-electron chi connectivity index (χ3n) is 2.82. The van der Waals surface area contributed by atoms with Crippen LogP contribution in [0.4, 0.5) is 5.69 Å². The smallest absolute Gasteiger partial charge is 0.255 e. The molecule has 1 N–H and O–H groups in total. The molecule has 2 aromatic carbocycles. The Hall–Kier alpha value is -2.29. The molecule has 0 spiro atoms. The lowest BCUT2D eigenvalue weighted by molar-refractivity contribution is 0.102. The van der Waals surface area contributed by atoms with E-state index in [4.69, 9.17) is 0 Å². The predicted molar refractivity (Wildman–Crippen MR) is 84.4 cm³/mol. The van der Waals surface area contributed by atoms with Crippen molar-refractivity contribution in [2.24, 2.45) is 4.99 Å². The van der Waals surface area contributed by atoms with Crippen molar-refractivity contribution in [3.05, 3.63) is 65.7 Å². The fourth-order valence-corrected chi connectivity index (χ4v) is 1.87. The van der Waals surface area contributed by atoms with Gasteiger partial charge in [-0.15, -0.1) is 0 Å². The maximum Gasteiger partial charge on any atom is 0.255 e. The highest BCUT2D eigenvalue weighted by Gasteiger charge is 2.05. The second kappa shape index (κ2) is 7.34. The molecule has 0 aliphatic rings. The first-order valence-electron chi connectivity index (χ1n) is 6.28. The van der Waals surface area contributed by atoms with E-state index in [0.717, 1.165) is 17.7 Å². The summed E-state index contributed by atoms with van der Waals surface area (Å²) in [5, 5.41) is 5.19. The monoisotopic (exact) mass is 282 g/mol. The summed E-state index contributed by atoms with van der Waals surface area (Å²) >= 11 is 4.51. The highest BCUT2D eigenvalue weighted by molar-refractivity contribution is 7.78. The zero-order valence-electron chi connectivity index (χ0n) is 10.9. The number of thiocarbonyl (C=S) groups is 1. The van der Waals surface area contributed by atoms with Gasteiger partial charge in [0.1, 0.15) is 0 Å². The van der Waals surface area contributed by atoms with Gasteiger partial charge in [0.05, 0.1) is 11.7 Å². The number of rotatable bonds is 5. The second-order valence-electron chi connectivity index (χ2n) is 4.24. The summed E-state index contributed by atoms with van der Waals surface area (Å²) in [6.45, 7) is 0.624. The van der Waals surface area contributed by atoms with Crippen LogP contribution in [0.2, 0.25) is 0 Å². The van der Waals surface area contributed by atoms with Crippen molar-refractivity contribution in [3.63, 3.8) is 0 Å². The molecule has 0 unspecified atom stereocenters. The molecule has 1 amide bonds. The second-order valence-corrected chi connectivity index (χ2v) is 4.42. The molecule has 0 aliphatic heterocycles. The minimum atomic E-state index is -0.111. The van der Waals surface area contributed by atoms with Gasteiger partial charge in [-0.05, 0) is 48.5 Å². The Kier molecular flexibility index (Phi) is 5.18. The van der Waals surface area contributed by atoms with E-state index >= 15 is 0 Å². The molecule has 0 saturated heterocycles. The maximum absolute atomic E-state index is 12.0. The lowest BCUT2D eigenvalue weighted by Crippen LogP contribution is -2.11. The molecule has 0 radical (unpaired) electrons. The lowest BCUT2D eigenvalue weighted by Gasteiger charge is -2.05. The number of carbonyl (C=O) groups is 1. The van der Waals surface area contributed by atoms with E-state index < -0.39 is 0 Å². The molecule has 20 heavy (non-hydrogen) atoms. The van der Waals surface area contributed by atoms with Crippen LogP contribution in [0.5, 0.6) is 0 Å². The molecule has 0 atom stereocenters. The van der Waals surface area contributed by atoms with Crippen molar-refractivity contribution in [3.8, 4) is 0 Å². The third-order valence-corrected chi connectivity index (χ3v) is 2.95. The van der Waals surface area contributed by atoms with Crippen molar-refractivity contribution in [2.75, 3.05) is 11.9 Å². The van der Waals surface area contributed by atoms with Gasteiger partial charge in [0.2, 0.25) is 0 Å². The SMILES string of the molecule is O=C(Nc1ccccc1)c1ccc(CCN=C=S)cc1. The van der Waals surface area contributed by atoms with Gasteiger partial charge in [0, 0.05) is 11.3 Å². The van der Waals surface area contributed by atoms with Crippen LogP contribution in [0.3, 0.4) is 0 Å². The van der Waals surface area contributed by atoms with Crippen molar-refractivity contribution in [1.82, 2.24) is 0 Å². The van der Waals surface area contributed by atoms with Crippen molar-refractivity contribution in [2.45, 2.75) is 6.42 Å². The van der Waals surface area contributed by atoms with Gasteiger partial charge in [-0.3, -0.25) is 4.79 Å². The standard InChI is InChI=1S/C16H14N2OS/c19-16(18-15-4-2-1-3-5-15)14-8-6-13(7-9-14)10-11-17-12-20/h1-9H,10-11H2,(H,18,19). The molecule has 0 aliphatic carbocycles. The fraction of sp³-hybridized carbons (Fsp3) is 0.125. The summed E-state index contributed by atoms with van der Waals surface area (Å²) in [6.07, 6.45) is 0.796. The fourth-order valence-electron chi connectivity index (χ4n) is 1.78. The van der Waals surface area contributed by atoms with Crippen LogP contribution in [-0.4, -0.2) is 17.6 Å². The Labute approximate surface area is 123 Å². The number of para-hydroxylation sites is 1. The Morgan fingerprint density at radius 1 is 1.10 bits per heavy atom. The molecule has 0 saturated carbocycles. The zero-order chi connectivity index (χ0) is 14.2. The first-order valence-corrected chi connectivity index (χ1v) is 6.69. The van der Waals surface area contributed by atoms with Crippen LogP contribution >= 0.6 is 12.2 Å². The molecule has 0 heterocycles. The lowest BCUT2D eigenvalue weighted by atomic mass is 10.1. The van der Waals surface area contributed by atoms with E-state index in [2.05, 4.69) is 27.7 Å². The number of amides is 1. The molecule has 4 heteroatoms. The molecule has 2 aromatic rings. The minimum Gasteiger partial charge on any atom is -0.322 e. The van der Waals surface area contributed by atoms with Crippen LogP contribution in [0.15, 0.2) is 59.6 Å². The molecular weight excluding hydrogens is 268 g/mol. The van der Waals surface area contributed by atoms with Crippen LogP contribution in [0, 0.1) is 0 Å². The van der Waals surface area contributed by atoms with Gasteiger partial charge in [-0.25, -0.2) is 4.99 Å². The Morgan fingerprint density at radius 2 is 1.80 bits per heavy atom. The normalized spacial score (nSPS) is 9.60. The first kappa shape index (κ1) is 14.1. The summed E-state index contributed by atoms with van der Waals surface area (Å²) < 4.78 is 0. The van der Waals surface area contributed by atoms with Gasteiger partial charge in [-0.1, -0.05) is 30.3 Å². The zero-order valence-corrected chi connectivity index (χ0v) is 11.7. The van der Waals surface area contributed by atoms with E-state index in [1.807, 2.05) is 54.6 Å². The average molecular weight is 282 g/mol. The van der Waals surface area contributed by atoms with E-state index in [1.54, 1.807) is 0 Å². The van der Waals surface area contributed by atoms with E-state index in [1.165, 1.54) is 0 Å². The first-order chi connectivity index (χ1) is 9.79. The average Bonchev–Trinajstić information content (AvgIpc) is 2.49. The van der Waals surface area contributed by atoms with E-state index in [9.17, 15) is 4.79 Å². The Bertz CT molecular complexity index is 617. The van der Waals surface area contributed by atoms with Gasteiger partial charge in [-0.2, -0.15) is 0 Å². The summed E-state index contributed by atoms with van der Waals surface area (Å²) in [6, 6.07) is 16.9. The van der Waals surface area contributed by atoms with Crippen LogP contribution in [0.25, 0.3) is 0 Å². The summed E-state index contributed by atoms with van der Waals surface area (Å²) in [5.41, 5.74) is 2.54. The molecule has 0 fully saturated rings. The molecule has 3 nitrogen and oxygen atoms in total. The van der Waals surface area contributed by atoms with Gasteiger partial charge in [0.25, 0.3) is 5.91 Å². The molecular formula is C16H14N2OS. The predicted octanol–water partition coefficient (Wildman–Crippen LogP) is 3.58. The van der Waals surface area contributed by atoms with Crippen molar-refractivity contribution >= 4 is 29.0 Å². The Morgan fingerprint density at radius 3 is 2.45 bits per heavy atom. The summed E-state index contributed by atoms with van der Waals surface area (Å²) in [7, 11) is 0. The number of hydrogen-bond acceptors (Lipinski definition) is 3. The number of aliphatic imine (C=N–C) groups is 1. The number of carbonyl (C=O) groups excluding carboxylic acids is 1. The molecule has 2 rings (SSSR count). The quantitative estimate of drug-likeness (QED) is 0.672. The van der Waals surface area contributed by atoms with Crippen LogP contribution in [0.1, 0.15) is 15.9 Å². The van der Waals surface area contributed by atoms with E-state index in [0.29, 0.717) is 12.1 Å². The largest absolute Gasteiger partial charge is 0.322 e. The van der Waals surface area contributed by atoms with Crippen molar-refractivity contribution in [1.29, 1.82) is 0 Å². The number of anilines is 1.